The molecule has 0 heterocycles. The van der Waals surface area contributed by atoms with E-state index >= 15 is 0 Å². The summed E-state index contributed by atoms with van der Waals surface area (Å²) in [5.74, 6) is 2.90. The quantitative estimate of drug-likeness (QED) is 0.143. The maximum Gasteiger partial charge on any atom is 0.0722 e. The third-order valence-electron chi connectivity index (χ3n) is 12.8. The van der Waals surface area contributed by atoms with Crippen molar-refractivity contribution in [2.45, 2.75) is 157 Å². The normalized spacial score (nSPS) is 17.2. The molecule has 0 nitrogen and oxygen atoms in total. The van der Waals surface area contributed by atoms with Crippen LogP contribution in [0.25, 0.3) is 34.4 Å². The summed E-state index contributed by atoms with van der Waals surface area (Å²) in [6.07, 6.45) is 5.17. The molecule has 0 saturated heterocycles. The van der Waals surface area contributed by atoms with Crippen LogP contribution in [-0.4, -0.2) is 8.07 Å². The fourth-order valence-corrected chi connectivity index (χ4v) is 14.5. The molecule has 0 amide bonds. The van der Waals surface area contributed by atoms with Crippen LogP contribution in [0.1, 0.15) is 199 Å². The first-order valence-corrected chi connectivity index (χ1v) is 24.0. The Morgan fingerprint density at radius 3 is 0.906 bits per heavy atom. The molecule has 0 bridgehead atoms. The Bertz CT molecular complexity index is 1890. The lowest BCUT2D eigenvalue weighted by Crippen LogP contribution is -2.42. The van der Waals surface area contributed by atoms with E-state index in [2.05, 4.69) is 183 Å². The summed E-state index contributed by atoms with van der Waals surface area (Å²) in [6, 6.07) is 25.1. The Kier molecular flexibility index (Phi) is 10.9. The molecule has 2 atom stereocenters. The molecule has 0 N–H and O–H groups in total. The SMILES string of the molecule is CC1=Cc2c(-c3cc(C(C)C)cc(C(C)C)c3)cc(C(C)C)cc2C1[Si](C)(C)C1C(C)=Cc2c(-c3cc(C(C)C)cc(C(C)C)c3)cc(C(C)C)cc21. The average molecular weight is 721 g/mol. The van der Waals surface area contributed by atoms with Gasteiger partial charge in [-0.15, -0.1) is 0 Å². The molecule has 280 valence electrons. The van der Waals surface area contributed by atoms with Crippen LogP contribution in [0.2, 0.25) is 13.1 Å². The minimum atomic E-state index is -2.08. The third kappa shape index (κ3) is 7.25. The van der Waals surface area contributed by atoms with Crippen LogP contribution >= 0.6 is 0 Å². The maximum absolute atomic E-state index is 2.71. The first-order valence-electron chi connectivity index (χ1n) is 20.8. The van der Waals surface area contributed by atoms with E-state index in [0.29, 0.717) is 46.6 Å². The molecule has 1 heteroatoms. The second-order valence-corrected chi connectivity index (χ2v) is 24.1. The van der Waals surface area contributed by atoms with Gasteiger partial charge in [0.05, 0.1) is 8.07 Å². The lowest BCUT2D eigenvalue weighted by atomic mass is 9.86. The topological polar surface area (TPSA) is 0 Å². The molecule has 0 radical (unpaired) electrons. The zero-order valence-corrected chi connectivity index (χ0v) is 37.0. The van der Waals surface area contributed by atoms with Crippen molar-refractivity contribution in [3.63, 3.8) is 0 Å². The van der Waals surface area contributed by atoms with Gasteiger partial charge in [0.1, 0.15) is 0 Å². The molecule has 4 aromatic rings. The van der Waals surface area contributed by atoms with E-state index in [4.69, 9.17) is 0 Å². The molecular weight excluding hydrogens is 653 g/mol. The minimum absolute atomic E-state index is 0.454. The third-order valence-corrected chi connectivity index (χ3v) is 17.3. The summed E-state index contributed by atoms with van der Waals surface area (Å²) in [5, 5.41) is 0. The lowest BCUT2D eigenvalue weighted by molar-refractivity contribution is 0.834. The number of fused-ring (bicyclic) bond motifs is 2. The van der Waals surface area contributed by atoms with Gasteiger partial charge >= 0.3 is 0 Å². The van der Waals surface area contributed by atoms with Crippen molar-refractivity contribution in [1.29, 1.82) is 0 Å². The monoisotopic (exact) mass is 721 g/mol. The second-order valence-electron chi connectivity index (χ2n) is 19.3. The maximum atomic E-state index is 2.71. The largest absolute Gasteiger partial charge is 0.0722 e. The predicted molar refractivity (Wildman–Crippen MR) is 239 cm³/mol. The summed E-state index contributed by atoms with van der Waals surface area (Å²) in [4.78, 5) is 0. The molecule has 2 unspecified atom stereocenters. The van der Waals surface area contributed by atoms with Crippen LogP contribution in [0.3, 0.4) is 0 Å². The van der Waals surface area contributed by atoms with Gasteiger partial charge in [-0.05, 0) is 127 Å². The first-order chi connectivity index (χ1) is 24.8. The standard InChI is InChI=1S/C52H68Si/c1-29(2)37-19-38(30(3)4)22-43(21-37)45-25-41(33(9)10)27-49-47(45)17-35(13)51(49)53(15,16)52-36(14)18-48-46(26-42(34(11)12)28-50(48)52)44-23-39(31(5)6)20-40(24-44)32(7)8/h17-34,51-52H,1-16H3. The van der Waals surface area contributed by atoms with E-state index in [0.717, 1.165) is 0 Å². The Labute approximate surface area is 325 Å². The molecule has 0 saturated carbocycles. The molecule has 0 aromatic heterocycles. The van der Waals surface area contributed by atoms with E-state index in [-0.39, 0.29) is 0 Å². The van der Waals surface area contributed by atoms with Crippen molar-refractivity contribution in [1.82, 2.24) is 0 Å². The number of hydrogen-bond acceptors (Lipinski definition) is 0. The Balaban J connectivity index is 1.55. The number of hydrogen-bond donors (Lipinski definition) is 0. The van der Waals surface area contributed by atoms with E-state index in [9.17, 15) is 0 Å². The Morgan fingerprint density at radius 1 is 0.377 bits per heavy atom. The molecule has 0 aliphatic heterocycles. The minimum Gasteiger partial charge on any atom is -0.0679 e. The van der Waals surface area contributed by atoms with Crippen molar-refractivity contribution in [3.05, 3.63) is 127 Å². The van der Waals surface area contributed by atoms with Crippen LogP contribution < -0.4 is 0 Å². The van der Waals surface area contributed by atoms with Crippen molar-refractivity contribution in [2.24, 2.45) is 0 Å². The highest BCUT2D eigenvalue weighted by atomic mass is 28.3. The van der Waals surface area contributed by atoms with Gasteiger partial charge in [-0.3, -0.25) is 0 Å². The van der Waals surface area contributed by atoms with Gasteiger partial charge in [-0.1, -0.05) is 180 Å². The second kappa shape index (κ2) is 14.7. The van der Waals surface area contributed by atoms with Crippen LogP contribution in [-0.2, 0) is 0 Å². The molecule has 2 aliphatic rings. The summed E-state index contributed by atoms with van der Waals surface area (Å²) < 4.78 is 0. The smallest absolute Gasteiger partial charge is 0.0679 e. The molecule has 2 aliphatic carbocycles. The molecule has 0 spiro atoms. The van der Waals surface area contributed by atoms with Crippen LogP contribution in [0, 0.1) is 0 Å². The van der Waals surface area contributed by atoms with E-state index in [1.54, 1.807) is 22.3 Å². The van der Waals surface area contributed by atoms with Gasteiger partial charge in [0, 0.05) is 11.1 Å². The fraction of sp³-hybridized carbons (Fsp3) is 0.462. The highest BCUT2D eigenvalue weighted by molar-refractivity contribution is 6.81. The summed E-state index contributed by atoms with van der Waals surface area (Å²) >= 11 is 0. The zero-order chi connectivity index (χ0) is 38.8. The number of benzene rings is 4. The first kappa shape index (κ1) is 39.3. The van der Waals surface area contributed by atoms with Gasteiger partial charge in [0.25, 0.3) is 0 Å². The number of allylic oxidation sites excluding steroid dienone is 2. The molecular formula is C52H68Si. The predicted octanol–water partition coefficient (Wildman–Crippen LogP) is 16.2. The van der Waals surface area contributed by atoms with Gasteiger partial charge in [-0.25, -0.2) is 0 Å². The molecule has 53 heavy (non-hydrogen) atoms. The van der Waals surface area contributed by atoms with Crippen molar-refractivity contribution >= 4 is 20.2 Å². The fourth-order valence-electron chi connectivity index (χ4n) is 9.59. The van der Waals surface area contributed by atoms with Gasteiger partial charge in [0.15, 0.2) is 0 Å². The van der Waals surface area contributed by atoms with Gasteiger partial charge in [0.2, 0.25) is 0 Å². The average Bonchev–Trinajstić information content (AvgIpc) is 3.62. The van der Waals surface area contributed by atoms with Crippen LogP contribution in [0.15, 0.2) is 71.8 Å². The summed E-state index contributed by atoms with van der Waals surface area (Å²) in [6.45, 7) is 38.5. The molecule has 4 aromatic carbocycles. The van der Waals surface area contributed by atoms with E-state index in [1.165, 1.54) is 66.8 Å². The van der Waals surface area contributed by atoms with Crippen LogP contribution in [0.4, 0.5) is 0 Å². The molecule has 0 fully saturated rings. The molecule has 6 rings (SSSR count). The summed E-state index contributed by atoms with van der Waals surface area (Å²) in [7, 11) is -2.08. The van der Waals surface area contributed by atoms with Gasteiger partial charge in [-0.2, -0.15) is 0 Å². The zero-order valence-electron chi connectivity index (χ0n) is 36.0. The summed E-state index contributed by atoms with van der Waals surface area (Å²) in [5.41, 5.74) is 24.4. The highest BCUT2D eigenvalue weighted by Crippen LogP contribution is 2.55. The van der Waals surface area contributed by atoms with Gasteiger partial charge < -0.3 is 0 Å². The van der Waals surface area contributed by atoms with Crippen molar-refractivity contribution < 1.29 is 0 Å². The number of rotatable bonds is 10. The van der Waals surface area contributed by atoms with Crippen molar-refractivity contribution in [3.8, 4) is 22.3 Å². The van der Waals surface area contributed by atoms with E-state index < -0.39 is 8.07 Å². The highest BCUT2D eigenvalue weighted by Gasteiger charge is 2.47. The van der Waals surface area contributed by atoms with E-state index in [1.807, 2.05) is 0 Å². The van der Waals surface area contributed by atoms with Crippen LogP contribution in [0.5, 0.6) is 0 Å². The Morgan fingerprint density at radius 2 is 0.642 bits per heavy atom. The van der Waals surface area contributed by atoms with Crippen molar-refractivity contribution in [2.75, 3.05) is 0 Å². The lowest BCUT2D eigenvalue weighted by Gasteiger charge is -2.39. The Hall–Kier alpha value is -3.42.